The van der Waals surface area contributed by atoms with Crippen LogP contribution in [0.4, 0.5) is 0 Å². The molecule has 0 amide bonds. The fraction of sp³-hybridized carbons (Fsp3) is 1.00. The van der Waals surface area contributed by atoms with Gasteiger partial charge in [-0.15, -0.1) is 0 Å². The van der Waals surface area contributed by atoms with E-state index in [1.165, 1.54) is 31.1 Å². The summed E-state index contributed by atoms with van der Waals surface area (Å²) in [5.74, 6) is 3.44. The lowest BCUT2D eigenvalue weighted by atomic mass is 10.3. The normalized spacial score (nSPS) is 11.5. The van der Waals surface area contributed by atoms with Crippen molar-refractivity contribution in [2.75, 3.05) is 31.1 Å². The van der Waals surface area contributed by atoms with E-state index in [1.807, 2.05) is 0 Å². The molecule has 0 aliphatic carbocycles. The number of hydrogen-bond donors (Lipinski definition) is 0. The van der Waals surface area contributed by atoms with Gasteiger partial charge in [-0.1, -0.05) is 27.7 Å². The van der Waals surface area contributed by atoms with Gasteiger partial charge < -0.3 is 4.90 Å². The third kappa shape index (κ3) is 6.99. The van der Waals surface area contributed by atoms with Gasteiger partial charge in [-0.05, 0) is 24.8 Å². The summed E-state index contributed by atoms with van der Waals surface area (Å²) in [6.07, 6.45) is 0. The van der Waals surface area contributed by atoms with Crippen molar-refractivity contribution in [1.82, 2.24) is 4.90 Å². The lowest BCUT2D eigenvalue weighted by Gasteiger charge is -2.17. The quantitative estimate of drug-likeness (QED) is 0.567. The maximum Gasteiger partial charge on any atom is 0.00721 e. The molecule has 0 aliphatic rings. The Kier molecular flexibility index (Phi) is 8.14. The van der Waals surface area contributed by atoms with E-state index in [4.69, 9.17) is 0 Å². The third-order valence-corrected chi connectivity index (χ3v) is 3.27. The van der Waals surface area contributed by atoms with Crippen molar-refractivity contribution in [3.8, 4) is 0 Å². The van der Waals surface area contributed by atoms with Crippen LogP contribution < -0.4 is 0 Å². The Hall–Kier alpha value is 0.310. The second-order valence-corrected chi connectivity index (χ2v) is 4.65. The molecule has 74 valence electrons. The zero-order chi connectivity index (χ0) is 9.40. The first kappa shape index (κ1) is 12.3. The molecule has 0 unspecified atom stereocenters. The Bertz CT molecular complexity index is 89.8. The van der Waals surface area contributed by atoms with Gasteiger partial charge in [0.15, 0.2) is 0 Å². The summed E-state index contributed by atoms with van der Waals surface area (Å²) in [6, 6.07) is 0. The largest absolute Gasteiger partial charge is 0.303 e. The Balaban J connectivity index is 3.17. The Morgan fingerprint density at radius 1 is 1.17 bits per heavy atom. The smallest absolute Gasteiger partial charge is 0.00721 e. The van der Waals surface area contributed by atoms with E-state index in [0.29, 0.717) is 0 Å². The molecule has 12 heavy (non-hydrogen) atoms. The molecule has 0 bridgehead atoms. The van der Waals surface area contributed by atoms with Crippen LogP contribution in [-0.4, -0.2) is 36.0 Å². The van der Waals surface area contributed by atoms with Crippen LogP contribution in [0.3, 0.4) is 0 Å². The van der Waals surface area contributed by atoms with E-state index in [-0.39, 0.29) is 0 Å². The minimum Gasteiger partial charge on any atom is -0.303 e. The fourth-order valence-electron chi connectivity index (χ4n) is 1.05. The van der Waals surface area contributed by atoms with Crippen LogP contribution in [0.15, 0.2) is 0 Å². The second-order valence-electron chi connectivity index (χ2n) is 3.50. The van der Waals surface area contributed by atoms with Gasteiger partial charge >= 0.3 is 0 Å². The molecular weight excluding hydrogens is 166 g/mol. The molecule has 1 nitrogen and oxygen atoms in total. The first-order chi connectivity index (χ1) is 5.70. The topological polar surface area (TPSA) is 3.24 Å². The number of thioether (sulfide) groups is 1. The summed E-state index contributed by atoms with van der Waals surface area (Å²) >= 11 is 2.08. The Labute approximate surface area is 81.9 Å². The molecule has 0 spiro atoms. The predicted octanol–water partition coefficient (Wildman–Crippen LogP) is 2.72. The van der Waals surface area contributed by atoms with Crippen LogP contribution in [0.2, 0.25) is 0 Å². The maximum atomic E-state index is 2.48. The average molecular weight is 189 g/mol. The summed E-state index contributed by atoms with van der Waals surface area (Å²) in [4.78, 5) is 2.48. The van der Waals surface area contributed by atoms with E-state index in [9.17, 15) is 0 Å². The second kappa shape index (κ2) is 7.93. The third-order valence-electron chi connectivity index (χ3n) is 1.90. The van der Waals surface area contributed by atoms with Gasteiger partial charge in [-0.25, -0.2) is 0 Å². The maximum absolute atomic E-state index is 2.48. The molecule has 0 aromatic heterocycles. The summed E-state index contributed by atoms with van der Waals surface area (Å²) in [5, 5.41) is 0. The molecule has 0 atom stereocenters. The minimum absolute atomic E-state index is 0.840. The van der Waals surface area contributed by atoms with Gasteiger partial charge in [-0.2, -0.15) is 11.8 Å². The standard InChI is InChI=1S/C10H23NS/c1-5-11(6-2)7-8-12-9-10(3)4/h10H,5-9H2,1-4H3. The fourth-order valence-corrected chi connectivity index (χ4v) is 2.08. The Morgan fingerprint density at radius 2 is 1.75 bits per heavy atom. The van der Waals surface area contributed by atoms with E-state index in [1.54, 1.807) is 0 Å². The molecule has 0 fully saturated rings. The molecule has 2 heteroatoms. The summed E-state index contributed by atoms with van der Waals surface area (Å²) in [5.41, 5.74) is 0. The van der Waals surface area contributed by atoms with Crippen molar-refractivity contribution >= 4 is 11.8 Å². The monoisotopic (exact) mass is 189 g/mol. The van der Waals surface area contributed by atoms with Gasteiger partial charge in [-0.3, -0.25) is 0 Å². The minimum atomic E-state index is 0.840. The number of hydrogen-bond acceptors (Lipinski definition) is 2. The van der Waals surface area contributed by atoms with Crippen LogP contribution >= 0.6 is 11.8 Å². The SMILES string of the molecule is CCN(CC)CCSCC(C)C. The zero-order valence-electron chi connectivity index (χ0n) is 8.97. The molecule has 0 rings (SSSR count). The highest BCUT2D eigenvalue weighted by atomic mass is 32.2. The molecule has 0 radical (unpaired) electrons. The van der Waals surface area contributed by atoms with Crippen molar-refractivity contribution in [3.63, 3.8) is 0 Å². The van der Waals surface area contributed by atoms with Crippen molar-refractivity contribution in [2.24, 2.45) is 5.92 Å². The zero-order valence-corrected chi connectivity index (χ0v) is 9.78. The van der Waals surface area contributed by atoms with E-state index >= 15 is 0 Å². The van der Waals surface area contributed by atoms with Gasteiger partial charge in [0.05, 0.1) is 0 Å². The number of rotatable bonds is 7. The van der Waals surface area contributed by atoms with Crippen LogP contribution in [-0.2, 0) is 0 Å². The van der Waals surface area contributed by atoms with Gasteiger partial charge in [0, 0.05) is 12.3 Å². The first-order valence-corrected chi connectivity index (χ1v) is 6.16. The van der Waals surface area contributed by atoms with Crippen LogP contribution in [0.5, 0.6) is 0 Å². The van der Waals surface area contributed by atoms with Crippen LogP contribution in [0.1, 0.15) is 27.7 Å². The number of nitrogens with zero attached hydrogens (tertiary/aromatic N) is 1. The van der Waals surface area contributed by atoms with Gasteiger partial charge in [0.1, 0.15) is 0 Å². The highest BCUT2D eigenvalue weighted by Gasteiger charge is 1.99. The van der Waals surface area contributed by atoms with Crippen LogP contribution in [0, 0.1) is 5.92 Å². The average Bonchev–Trinajstić information content (AvgIpc) is 2.04. The van der Waals surface area contributed by atoms with E-state index < -0.39 is 0 Å². The van der Waals surface area contributed by atoms with E-state index in [0.717, 1.165) is 5.92 Å². The van der Waals surface area contributed by atoms with Crippen molar-refractivity contribution in [1.29, 1.82) is 0 Å². The molecule has 0 saturated carbocycles. The summed E-state index contributed by atoms with van der Waals surface area (Å²) in [6.45, 7) is 12.7. The first-order valence-electron chi connectivity index (χ1n) is 5.00. The highest BCUT2D eigenvalue weighted by Crippen LogP contribution is 2.07. The Morgan fingerprint density at radius 3 is 2.17 bits per heavy atom. The molecule has 0 heterocycles. The summed E-state index contributed by atoms with van der Waals surface area (Å²) < 4.78 is 0. The van der Waals surface area contributed by atoms with Gasteiger partial charge in [0.25, 0.3) is 0 Å². The predicted molar refractivity (Wildman–Crippen MR) is 60.0 cm³/mol. The lowest BCUT2D eigenvalue weighted by Crippen LogP contribution is -2.25. The molecule has 0 aromatic carbocycles. The van der Waals surface area contributed by atoms with Crippen LogP contribution in [0.25, 0.3) is 0 Å². The van der Waals surface area contributed by atoms with Gasteiger partial charge in [0.2, 0.25) is 0 Å². The molecule has 0 saturated heterocycles. The lowest BCUT2D eigenvalue weighted by molar-refractivity contribution is 0.324. The molecule has 0 aliphatic heterocycles. The summed E-state index contributed by atoms with van der Waals surface area (Å²) in [7, 11) is 0. The van der Waals surface area contributed by atoms with Crippen molar-refractivity contribution in [3.05, 3.63) is 0 Å². The van der Waals surface area contributed by atoms with Crippen molar-refractivity contribution in [2.45, 2.75) is 27.7 Å². The molecule has 0 aromatic rings. The molecular formula is C10H23NS. The highest BCUT2D eigenvalue weighted by molar-refractivity contribution is 7.99. The van der Waals surface area contributed by atoms with Crippen molar-refractivity contribution < 1.29 is 0 Å². The van der Waals surface area contributed by atoms with E-state index in [2.05, 4.69) is 44.4 Å². The molecule has 0 N–H and O–H groups in total.